The second-order valence-electron chi connectivity index (χ2n) is 7.59. The number of fused-ring (bicyclic) bond motifs is 3. The Kier molecular flexibility index (Phi) is 7.22. The van der Waals surface area contributed by atoms with Crippen LogP contribution in [0.15, 0.2) is 39.5 Å². The fraction of sp³-hybridized carbons (Fsp3) is 0.381. The van der Waals surface area contributed by atoms with Crippen LogP contribution in [0.2, 0.25) is 0 Å². The van der Waals surface area contributed by atoms with Crippen molar-refractivity contribution in [3.05, 3.63) is 62.9 Å². The number of allylic oxidation sites excluding steroid dienone is 1. The first-order valence-corrected chi connectivity index (χ1v) is 10.1. The van der Waals surface area contributed by atoms with E-state index in [0.29, 0.717) is 24.9 Å². The third-order valence-corrected chi connectivity index (χ3v) is 6.36. The molecule has 4 heterocycles. The summed E-state index contributed by atoms with van der Waals surface area (Å²) in [4.78, 5) is 12.6. The van der Waals surface area contributed by atoms with Gasteiger partial charge in [-0.05, 0) is 55.4 Å². The van der Waals surface area contributed by atoms with Crippen molar-refractivity contribution in [1.29, 1.82) is 0 Å². The second kappa shape index (κ2) is 9.50. The summed E-state index contributed by atoms with van der Waals surface area (Å²) >= 11 is 6.72. The third-order valence-electron chi connectivity index (χ3n) is 6.00. The van der Waals surface area contributed by atoms with Crippen LogP contribution in [-0.2, 0) is 6.54 Å². The van der Waals surface area contributed by atoms with Gasteiger partial charge in [-0.2, -0.15) is 5.10 Å². The van der Waals surface area contributed by atoms with Gasteiger partial charge in [0.05, 0.1) is 41.9 Å². The van der Waals surface area contributed by atoms with E-state index in [-0.39, 0.29) is 30.6 Å². The molecule has 0 bridgehead atoms. The molecule has 2 aliphatic heterocycles. The highest BCUT2D eigenvalue weighted by molar-refractivity contribution is 6.35. The average Bonchev–Trinajstić information content (AvgIpc) is 2.99. The Morgan fingerprint density at radius 2 is 1.83 bits per heavy atom. The van der Waals surface area contributed by atoms with Gasteiger partial charge in [0.15, 0.2) is 0 Å². The molecule has 1 saturated carbocycles. The van der Waals surface area contributed by atoms with Gasteiger partial charge in [-0.1, -0.05) is 11.6 Å². The number of halogens is 4. The maximum absolute atomic E-state index is 13.2. The van der Waals surface area contributed by atoms with Crippen molar-refractivity contribution < 1.29 is 4.39 Å². The molecule has 0 unspecified atom stereocenters. The summed E-state index contributed by atoms with van der Waals surface area (Å²) in [5.41, 5.74) is 7.36. The molecule has 0 saturated heterocycles. The van der Waals surface area contributed by atoms with Crippen LogP contribution in [0.1, 0.15) is 48.6 Å². The highest BCUT2D eigenvalue weighted by atomic mass is 35.5. The van der Waals surface area contributed by atoms with Crippen molar-refractivity contribution in [2.24, 2.45) is 16.0 Å². The fourth-order valence-corrected chi connectivity index (χ4v) is 4.91. The maximum Gasteiger partial charge on any atom is 0.141 e. The molecule has 160 valence electrons. The molecule has 2 aromatic rings. The molecule has 5 rings (SSSR count). The minimum atomic E-state index is -0.284. The van der Waals surface area contributed by atoms with Crippen LogP contribution < -0.4 is 16.1 Å². The lowest BCUT2D eigenvalue weighted by Crippen LogP contribution is -2.32. The quantitative estimate of drug-likeness (QED) is 0.703. The normalized spacial score (nSPS) is 22.2. The number of rotatable bonds is 2. The van der Waals surface area contributed by atoms with Gasteiger partial charge >= 0.3 is 0 Å². The zero-order valence-electron chi connectivity index (χ0n) is 16.2. The SMILES string of the molecule is Cl.Cl.Fc1ccc(C2CCC(C3=c4[nH]c5c(c4=NCC=C3Cl)CNN=C5)CC2)nc1. The zero-order chi connectivity index (χ0) is 19.1. The van der Waals surface area contributed by atoms with E-state index in [1.807, 2.05) is 18.4 Å². The standard InChI is InChI=1S/C21H21ClFN5.2ClH/c22-16-7-8-24-20-15-10-26-27-11-18(15)28-21(20)19(16)13-3-1-12(2-4-13)17-6-5-14(23)9-25-17;;/h5-7,9,11-13,26,28H,1-4,8,10H2;2*1H. The fourth-order valence-electron chi connectivity index (χ4n) is 4.59. The van der Waals surface area contributed by atoms with Gasteiger partial charge in [0.2, 0.25) is 0 Å². The lowest BCUT2D eigenvalue weighted by Gasteiger charge is -2.29. The largest absolute Gasteiger partial charge is 0.352 e. The first-order valence-electron chi connectivity index (χ1n) is 9.73. The van der Waals surface area contributed by atoms with Gasteiger partial charge in [0.1, 0.15) is 5.82 Å². The molecule has 5 nitrogen and oxygen atoms in total. The monoisotopic (exact) mass is 469 g/mol. The molecule has 1 fully saturated rings. The molecular weight excluding hydrogens is 448 g/mol. The second-order valence-corrected chi connectivity index (χ2v) is 8.00. The Balaban J connectivity index is 0.00000128. The molecule has 0 atom stereocenters. The highest BCUT2D eigenvalue weighted by Gasteiger charge is 2.29. The number of hydrogen-bond donors (Lipinski definition) is 2. The number of H-pyrrole nitrogens is 1. The van der Waals surface area contributed by atoms with E-state index in [2.05, 4.69) is 20.5 Å². The molecule has 0 amide bonds. The number of aromatic amines is 1. The van der Waals surface area contributed by atoms with Crippen LogP contribution >= 0.6 is 36.4 Å². The van der Waals surface area contributed by atoms with Gasteiger partial charge in [-0.25, -0.2) is 4.39 Å². The Hall–Kier alpha value is -1.89. The Morgan fingerprint density at radius 3 is 2.57 bits per heavy atom. The van der Waals surface area contributed by atoms with E-state index < -0.39 is 0 Å². The van der Waals surface area contributed by atoms with E-state index in [1.165, 1.54) is 17.8 Å². The van der Waals surface area contributed by atoms with E-state index in [0.717, 1.165) is 58.4 Å². The molecular formula is C21H23Cl3FN5. The predicted molar refractivity (Wildman–Crippen MR) is 122 cm³/mol. The van der Waals surface area contributed by atoms with Crippen LogP contribution in [0.5, 0.6) is 0 Å². The Bertz CT molecular complexity index is 1080. The van der Waals surface area contributed by atoms with Crippen molar-refractivity contribution in [3.8, 4) is 0 Å². The molecule has 30 heavy (non-hydrogen) atoms. The smallest absolute Gasteiger partial charge is 0.141 e. The number of aromatic nitrogens is 2. The van der Waals surface area contributed by atoms with Crippen LogP contribution in [0.25, 0.3) is 5.57 Å². The number of nitrogens with one attached hydrogen (secondary N) is 2. The topological polar surface area (TPSA) is 65.4 Å². The first kappa shape index (κ1) is 22.8. The van der Waals surface area contributed by atoms with Crippen molar-refractivity contribution in [2.75, 3.05) is 6.54 Å². The molecule has 0 radical (unpaired) electrons. The van der Waals surface area contributed by atoms with Crippen LogP contribution in [0.3, 0.4) is 0 Å². The number of nitrogens with zero attached hydrogens (tertiary/aromatic N) is 3. The van der Waals surface area contributed by atoms with Crippen molar-refractivity contribution in [3.63, 3.8) is 0 Å². The summed E-state index contributed by atoms with van der Waals surface area (Å²) in [6.45, 7) is 1.26. The summed E-state index contributed by atoms with van der Waals surface area (Å²) in [6, 6.07) is 3.31. The third kappa shape index (κ3) is 4.13. The lowest BCUT2D eigenvalue weighted by molar-refractivity contribution is 0.378. The van der Waals surface area contributed by atoms with E-state index in [9.17, 15) is 4.39 Å². The summed E-state index contributed by atoms with van der Waals surface area (Å²) in [6.07, 6.45) is 9.23. The van der Waals surface area contributed by atoms with Crippen LogP contribution in [0, 0.1) is 11.7 Å². The molecule has 9 heteroatoms. The highest BCUT2D eigenvalue weighted by Crippen LogP contribution is 2.41. The number of pyridine rings is 1. The van der Waals surface area contributed by atoms with E-state index in [4.69, 9.17) is 16.6 Å². The molecule has 1 aliphatic carbocycles. The van der Waals surface area contributed by atoms with E-state index >= 15 is 0 Å². The van der Waals surface area contributed by atoms with Crippen LogP contribution in [-0.4, -0.2) is 22.7 Å². The molecule has 0 spiro atoms. The summed E-state index contributed by atoms with van der Waals surface area (Å²) in [5.74, 6) is 0.467. The van der Waals surface area contributed by atoms with Gasteiger partial charge in [-0.15, -0.1) is 24.8 Å². The lowest BCUT2D eigenvalue weighted by atomic mass is 9.77. The molecule has 2 N–H and O–H groups in total. The Labute approximate surface area is 191 Å². The first-order chi connectivity index (χ1) is 13.7. The van der Waals surface area contributed by atoms with E-state index in [1.54, 1.807) is 0 Å². The summed E-state index contributed by atoms with van der Waals surface area (Å²) in [5, 5.41) is 7.01. The number of hydrazone groups is 1. The van der Waals surface area contributed by atoms with Gasteiger partial charge in [-0.3, -0.25) is 9.98 Å². The summed E-state index contributed by atoms with van der Waals surface area (Å²) in [7, 11) is 0. The molecule has 0 aromatic carbocycles. The average molecular weight is 471 g/mol. The van der Waals surface area contributed by atoms with Crippen molar-refractivity contribution in [2.45, 2.75) is 38.1 Å². The predicted octanol–water partition coefficient (Wildman–Crippen LogP) is 3.71. The maximum atomic E-state index is 13.2. The molecule has 2 aromatic heterocycles. The van der Waals surface area contributed by atoms with Gasteiger partial charge in [0, 0.05) is 22.2 Å². The minimum Gasteiger partial charge on any atom is -0.352 e. The Morgan fingerprint density at radius 1 is 1.07 bits per heavy atom. The van der Waals surface area contributed by atoms with Crippen molar-refractivity contribution in [1.82, 2.24) is 15.4 Å². The minimum absolute atomic E-state index is 0. The zero-order valence-corrected chi connectivity index (χ0v) is 18.6. The van der Waals surface area contributed by atoms with Crippen LogP contribution in [0.4, 0.5) is 4.39 Å². The molecule has 3 aliphatic rings. The van der Waals surface area contributed by atoms with Gasteiger partial charge < -0.3 is 10.4 Å². The summed E-state index contributed by atoms with van der Waals surface area (Å²) < 4.78 is 13.2. The van der Waals surface area contributed by atoms with Crippen molar-refractivity contribution >= 4 is 48.2 Å². The number of hydrogen-bond acceptors (Lipinski definition) is 4. The van der Waals surface area contributed by atoms with Gasteiger partial charge in [0.25, 0.3) is 0 Å².